The van der Waals surface area contributed by atoms with Gasteiger partial charge in [-0.1, -0.05) is 54.1 Å². The molecule has 1 aliphatic carbocycles. The highest BCUT2D eigenvalue weighted by molar-refractivity contribution is 6.30. The van der Waals surface area contributed by atoms with Gasteiger partial charge in [0, 0.05) is 34.3 Å². The van der Waals surface area contributed by atoms with Crippen LogP contribution < -0.4 is 5.32 Å². The van der Waals surface area contributed by atoms with E-state index in [9.17, 15) is 9.59 Å². The van der Waals surface area contributed by atoms with Gasteiger partial charge in [-0.3, -0.25) is 4.79 Å². The predicted molar refractivity (Wildman–Crippen MR) is 112 cm³/mol. The molecule has 2 aliphatic rings. The summed E-state index contributed by atoms with van der Waals surface area (Å²) in [6, 6.07) is 17.3. The predicted octanol–water partition coefficient (Wildman–Crippen LogP) is 4.87. The third-order valence-electron chi connectivity index (χ3n) is 5.71. The van der Waals surface area contributed by atoms with Gasteiger partial charge in [0.25, 0.3) is 0 Å². The molecule has 4 nitrogen and oxygen atoms in total. The van der Waals surface area contributed by atoms with Crippen molar-refractivity contribution in [1.82, 2.24) is 5.32 Å². The van der Waals surface area contributed by atoms with Crippen LogP contribution in [0.3, 0.4) is 0 Å². The van der Waals surface area contributed by atoms with E-state index in [1.54, 1.807) is 0 Å². The maximum Gasteiger partial charge on any atom is 0.336 e. The lowest BCUT2D eigenvalue weighted by Gasteiger charge is -2.36. The van der Waals surface area contributed by atoms with E-state index >= 15 is 0 Å². The van der Waals surface area contributed by atoms with Crippen molar-refractivity contribution >= 4 is 23.4 Å². The Hall–Kier alpha value is -2.85. The first-order chi connectivity index (χ1) is 14.0. The normalized spacial score (nSPS) is 21.6. The number of methoxy groups -OCH3 is 1. The smallest absolute Gasteiger partial charge is 0.336 e. The maximum atomic E-state index is 13.3. The van der Waals surface area contributed by atoms with Crippen LogP contribution in [0.25, 0.3) is 0 Å². The molecule has 1 aliphatic heterocycles. The fourth-order valence-electron chi connectivity index (χ4n) is 4.37. The van der Waals surface area contributed by atoms with Crippen molar-refractivity contribution in [3.63, 3.8) is 0 Å². The number of carbonyl (C=O) groups is 2. The number of benzene rings is 2. The average Bonchev–Trinajstić information content (AvgIpc) is 2.73. The molecule has 5 heteroatoms. The van der Waals surface area contributed by atoms with Crippen LogP contribution in [0.15, 0.2) is 77.1 Å². The van der Waals surface area contributed by atoms with Crippen LogP contribution >= 0.6 is 11.6 Å². The minimum absolute atomic E-state index is 0.0569. The summed E-state index contributed by atoms with van der Waals surface area (Å²) in [5.41, 5.74) is 4.80. The van der Waals surface area contributed by atoms with Gasteiger partial charge in [0.2, 0.25) is 0 Å². The van der Waals surface area contributed by atoms with E-state index < -0.39 is 11.9 Å². The number of ketones is 1. The average molecular weight is 408 g/mol. The number of ether oxygens (including phenoxy) is 1. The van der Waals surface area contributed by atoms with Crippen LogP contribution in [0, 0.1) is 0 Å². The standard InChI is InChI=1S/C24H22ClNO3/c1-14-21(24(28)29-2)22(16-6-4-3-5-7-16)23-19(26-14)12-17(13-20(23)27)15-8-10-18(25)11-9-15/h3-11,17,22,26H,12-13H2,1-2H3/t17-,22+/m0/s1. The second-order valence-electron chi connectivity index (χ2n) is 7.47. The summed E-state index contributed by atoms with van der Waals surface area (Å²) in [7, 11) is 1.37. The van der Waals surface area contributed by atoms with Crippen molar-refractivity contribution in [1.29, 1.82) is 0 Å². The molecule has 0 saturated carbocycles. The second-order valence-corrected chi connectivity index (χ2v) is 7.91. The summed E-state index contributed by atoms with van der Waals surface area (Å²) in [5, 5.41) is 4.01. The minimum Gasteiger partial charge on any atom is -0.466 e. The Kier molecular flexibility index (Phi) is 5.29. The zero-order valence-electron chi connectivity index (χ0n) is 16.4. The fraction of sp³-hybridized carbons (Fsp3) is 0.250. The lowest BCUT2D eigenvalue weighted by atomic mass is 9.72. The molecule has 0 amide bonds. The number of hydrogen-bond donors (Lipinski definition) is 1. The number of nitrogens with one attached hydrogen (secondary N) is 1. The molecule has 0 bridgehead atoms. The first kappa shape index (κ1) is 19.5. The molecule has 0 spiro atoms. The van der Waals surface area contributed by atoms with Gasteiger partial charge in [-0.15, -0.1) is 0 Å². The molecular weight excluding hydrogens is 386 g/mol. The van der Waals surface area contributed by atoms with Gasteiger partial charge >= 0.3 is 5.97 Å². The van der Waals surface area contributed by atoms with Gasteiger partial charge in [0.05, 0.1) is 12.7 Å². The first-order valence-corrected chi connectivity index (χ1v) is 10.00. The highest BCUT2D eigenvalue weighted by Crippen LogP contribution is 2.45. The highest BCUT2D eigenvalue weighted by Gasteiger charge is 2.41. The monoisotopic (exact) mass is 407 g/mol. The third kappa shape index (κ3) is 3.60. The molecule has 4 rings (SSSR count). The summed E-state index contributed by atoms with van der Waals surface area (Å²) in [5.74, 6) is -0.696. The summed E-state index contributed by atoms with van der Waals surface area (Å²) < 4.78 is 5.05. The topological polar surface area (TPSA) is 55.4 Å². The summed E-state index contributed by atoms with van der Waals surface area (Å²) in [6.45, 7) is 1.86. The van der Waals surface area contributed by atoms with E-state index in [0.29, 0.717) is 29.0 Å². The number of dihydropyridines is 1. The summed E-state index contributed by atoms with van der Waals surface area (Å²) in [6.07, 6.45) is 1.11. The largest absolute Gasteiger partial charge is 0.466 e. The Morgan fingerprint density at radius 3 is 2.38 bits per heavy atom. The second kappa shape index (κ2) is 7.88. The van der Waals surface area contributed by atoms with Crippen LogP contribution in [0.2, 0.25) is 5.02 Å². The molecule has 1 heterocycles. The molecule has 0 saturated heterocycles. The molecule has 2 aromatic carbocycles. The minimum atomic E-state index is -0.418. The van der Waals surface area contributed by atoms with Gasteiger partial charge in [0.15, 0.2) is 5.78 Å². The Labute approximate surface area is 175 Å². The number of halogens is 1. The summed E-state index contributed by atoms with van der Waals surface area (Å²) >= 11 is 6.02. The Morgan fingerprint density at radius 2 is 1.72 bits per heavy atom. The van der Waals surface area contributed by atoms with Crippen LogP contribution in [0.1, 0.15) is 42.7 Å². The van der Waals surface area contributed by atoms with Crippen LogP contribution in [0.5, 0.6) is 0 Å². The Bertz CT molecular complexity index is 1020. The number of allylic oxidation sites excluding steroid dienone is 3. The van der Waals surface area contributed by atoms with Gasteiger partial charge in [0.1, 0.15) is 0 Å². The summed E-state index contributed by atoms with van der Waals surface area (Å²) in [4.78, 5) is 25.9. The number of carbonyl (C=O) groups excluding carboxylic acids is 2. The van der Waals surface area contributed by atoms with E-state index in [1.807, 2.05) is 61.5 Å². The van der Waals surface area contributed by atoms with Gasteiger partial charge in [-0.2, -0.15) is 0 Å². The van der Waals surface area contributed by atoms with Crippen molar-refractivity contribution in [3.8, 4) is 0 Å². The van der Waals surface area contributed by atoms with E-state index in [-0.39, 0.29) is 11.7 Å². The first-order valence-electron chi connectivity index (χ1n) is 9.62. The fourth-order valence-corrected chi connectivity index (χ4v) is 4.50. The number of Topliss-reactive ketones (excluding diaryl/α,β-unsaturated/α-hetero) is 1. The molecular formula is C24H22ClNO3. The number of rotatable bonds is 3. The Balaban J connectivity index is 1.79. The van der Waals surface area contributed by atoms with Crippen molar-refractivity contribution < 1.29 is 14.3 Å². The van der Waals surface area contributed by atoms with Crippen molar-refractivity contribution in [3.05, 3.63) is 93.3 Å². The quantitative estimate of drug-likeness (QED) is 0.737. The SMILES string of the molecule is COC(=O)C1=C(C)NC2=C(C(=O)C[C@@H](c3ccc(Cl)cc3)C2)[C@@H]1c1ccccc1. The van der Waals surface area contributed by atoms with Gasteiger partial charge in [-0.05, 0) is 42.5 Å². The van der Waals surface area contributed by atoms with Crippen LogP contribution in [-0.2, 0) is 14.3 Å². The van der Waals surface area contributed by atoms with Gasteiger partial charge < -0.3 is 10.1 Å². The Morgan fingerprint density at radius 1 is 1.03 bits per heavy atom. The number of hydrogen-bond acceptors (Lipinski definition) is 4. The van der Waals surface area contributed by atoms with Gasteiger partial charge in [-0.25, -0.2) is 4.79 Å². The highest BCUT2D eigenvalue weighted by atomic mass is 35.5. The van der Waals surface area contributed by atoms with E-state index in [1.165, 1.54) is 7.11 Å². The van der Waals surface area contributed by atoms with Crippen molar-refractivity contribution in [2.45, 2.75) is 31.6 Å². The van der Waals surface area contributed by atoms with Crippen molar-refractivity contribution in [2.75, 3.05) is 7.11 Å². The maximum absolute atomic E-state index is 13.3. The van der Waals surface area contributed by atoms with Crippen molar-refractivity contribution in [2.24, 2.45) is 0 Å². The van der Waals surface area contributed by atoms with Crippen LogP contribution in [-0.4, -0.2) is 18.9 Å². The molecule has 148 valence electrons. The lowest BCUT2D eigenvalue weighted by molar-refractivity contribution is -0.136. The van der Waals surface area contributed by atoms with E-state index in [4.69, 9.17) is 16.3 Å². The molecule has 0 aromatic heterocycles. The molecule has 1 N–H and O–H groups in total. The molecule has 0 radical (unpaired) electrons. The number of esters is 1. The molecule has 29 heavy (non-hydrogen) atoms. The molecule has 0 fully saturated rings. The van der Waals surface area contributed by atoms with E-state index in [2.05, 4.69) is 5.32 Å². The van der Waals surface area contributed by atoms with Crippen LogP contribution in [0.4, 0.5) is 0 Å². The molecule has 0 unspecified atom stereocenters. The zero-order valence-corrected chi connectivity index (χ0v) is 17.1. The van der Waals surface area contributed by atoms with E-state index in [0.717, 1.165) is 22.5 Å². The lowest BCUT2D eigenvalue weighted by Crippen LogP contribution is -2.36. The molecule has 2 aromatic rings. The molecule has 2 atom stereocenters. The third-order valence-corrected chi connectivity index (χ3v) is 5.96. The zero-order chi connectivity index (χ0) is 20.5.